The number of hydrogen-bond donors (Lipinski definition) is 3. The molecule has 3 N–H and O–H groups in total. The molecule has 1 aromatic heterocycles. The van der Waals surface area contributed by atoms with Gasteiger partial charge in [0.25, 0.3) is 0 Å². The van der Waals surface area contributed by atoms with Crippen LogP contribution in [0.25, 0.3) is 11.1 Å². The van der Waals surface area contributed by atoms with Gasteiger partial charge in [-0.1, -0.05) is 24.6 Å². The fourth-order valence-corrected chi connectivity index (χ4v) is 4.82. The van der Waals surface area contributed by atoms with Crippen LogP contribution in [0.2, 0.25) is 5.02 Å². The summed E-state index contributed by atoms with van der Waals surface area (Å²) in [6.07, 6.45) is 6.31. The number of rotatable bonds is 7. The summed E-state index contributed by atoms with van der Waals surface area (Å²) in [5.41, 5.74) is 2.01. The predicted octanol–water partition coefficient (Wildman–Crippen LogP) is 5.10. The number of piperidine rings is 1. The van der Waals surface area contributed by atoms with Crippen molar-refractivity contribution in [1.29, 1.82) is 0 Å². The summed E-state index contributed by atoms with van der Waals surface area (Å²) in [5, 5.41) is 9.93. The summed E-state index contributed by atoms with van der Waals surface area (Å²) in [6.45, 7) is 5.97. The van der Waals surface area contributed by atoms with Crippen molar-refractivity contribution in [3.63, 3.8) is 0 Å². The third-order valence-electron chi connectivity index (χ3n) is 7.01. The van der Waals surface area contributed by atoms with Crippen molar-refractivity contribution in [3.8, 4) is 11.1 Å². The van der Waals surface area contributed by atoms with E-state index in [2.05, 4.69) is 27.9 Å². The number of aromatic nitrogens is 1. The Morgan fingerprint density at radius 2 is 2.15 bits per heavy atom. The van der Waals surface area contributed by atoms with Gasteiger partial charge in [0, 0.05) is 38.1 Å². The molecule has 3 heterocycles. The van der Waals surface area contributed by atoms with E-state index in [1.165, 1.54) is 12.3 Å². The number of nitrogens with one attached hydrogen (secondary N) is 3. The smallest absolute Gasteiger partial charge is 0.229 e. The molecule has 0 unspecified atom stereocenters. The average molecular weight is 475 g/mol. The quantitative estimate of drug-likeness (QED) is 0.520. The summed E-state index contributed by atoms with van der Waals surface area (Å²) < 4.78 is 20.1. The Hall–Kier alpha value is -2.22. The molecule has 178 valence electrons. The summed E-state index contributed by atoms with van der Waals surface area (Å²) in [6, 6.07) is 6.67. The molecule has 0 aliphatic carbocycles. The number of anilines is 2. The molecule has 2 aromatic rings. The average Bonchev–Trinajstić information content (AvgIpc) is 2.86. The van der Waals surface area contributed by atoms with Crippen LogP contribution in [0.15, 0.2) is 30.5 Å². The number of ether oxygens (including phenoxy) is 1. The van der Waals surface area contributed by atoms with Crippen LogP contribution in [0, 0.1) is 17.2 Å². The molecule has 2 aliphatic heterocycles. The third-order valence-corrected chi connectivity index (χ3v) is 7.31. The second-order valence-electron chi connectivity index (χ2n) is 9.10. The van der Waals surface area contributed by atoms with Crippen LogP contribution in [0.3, 0.4) is 0 Å². The first-order valence-corrected chi connectivity index (χ1v) is 12.2. The van der Waals surface area contributed by atoms with Crippen molar-refractivity contribution in [2.45, 2.75) is 39.0 Å². The van der Waals surface area contributed by atoms with Crippen molar-refractivity contribution >= 4 is 29.0 Å². The maximum absolute atomic E-state index is 14.6. The van der Waals surface area contributed by atoms with E-state index >= 15 is 0 Å². The standard InChI is InChI=1S/C25H32ClFN4O2/c1-2-25(7-10-33-11-8-25)16-30-22-12-17(5-6-21(22)27)19-13-23(29-15-20(19)26)31-24(32)18-4-3-9-28-14-18/h5-6,12-13,15,18,28,30H,2-4,7-11,14,16H2,1H3,(H,29,31,32)/t18-/m1/s1. The van der Waals surface area contributed by atoms with E-state index in [0.717, 1.165) is 57.4 Å². The van der Waals surface area contributed by atoms with E-state index in [4.69, 9.17) is 16.3 Å². The van der Waals surface area contributed by atoms with Gasteiger partial charge in [0.15, 0.2) is 0 Å². The van der Waals surface area contributed by atoms with E-state index in [0.29, 0.717) is 35.2 Å². The molecule has 0 spiro atoms. The highest BCUT2D eigenvalue weighted by Crippen LogP contribution is 2.36. The van der Waals surface area contributed by atoms with Crippen molar-refractivity contribution in [1.82, 2.24) is 10.3 Å². The van der Waals surface area contributed by atoms with Gasteiger partial charge in [-0.25, -0.2) is 9.37 Å². The molecule has 8 heteroatoms. The van der Waals surface area contributed by atoms with E-state index in [1.54, 1.807) is 18.2 Å². The number of carbonyl (C=O) groups excluding carboxylic acids is 1. The first-order valence-electron chi connectivity index (χ1n) is 11.8. The van der Waals surface area contributed by atoms with Crippen molar-refractivity contribution in [2.24, 2.45) is 11.3 Å². The van der Waals surface area contributed by atoms with Crippen LogP contribution >= 0.6 is 11.6 Å². The highest BCUT2D eigenvalue weighted by Gasteiger charge is 2.30. The van der Waals surface area contributed by atoms with Crippen molar-refractivity contribution in [3.05, 3.63) is 41.3 Å². The molecule has 4 rings (SSSR count). The van der Waals surface area contributed by atoms with Gasteiger partial charge in [0.1, 0.15) is 11.6 Å². The number of pyridine rings is 1. The molecule has 1 aromatic carbocycles. The Morgan fingerprint density at radius 3 is 2.88 bits per heavy atom. The lowest BCUT2D eigenvalue weighted by molar-refractivity contribution is -0.120. The van der Waals surface area contributed by atoms with E-state index in [-0.39, 0.29) is 23.1 Å². The Balaban J connectivity index is 1.51. The Kier molecular flexibility index (Phi) is 7.83. The van der Waals surface area contributed by atoms with Crippen LogP contribution in [0.4, 0.5) is 15.9 Å². The van der Waals surface area contributed by atoms with Crippen LogP contribution < -0.4 is 16.0 Å². The van der Waals surface area contributed by atoms with Crippen LogP contribution in [-0.4, -0.2) is 43.7 Å². The fraction of sp³-hybridized carbons (Fsp3) is 0.520. The Labute approximate surface area is 199 Å². The molecular weight excluding hydrogens is 443 g/mol. The van der Waals surface area contributed by atoms with Gasteiger partial charge in [-0.15, -0.1) is 0 Å². The highest BCUT2D eigenvalue weighted by atomic mass is 35.5. The number of carbonyl (C=O) groups is 1. The van der Waals surface area contributed by atoms with Gasteiger partial charge in [-0.2, -0.15) is 0 Å². The number of amides is 1. The van der Waals surface area contributed by atoms with E-state index < -0.39 is 0 Å². The van der Waals surface area contributed by atoms with E-state index in [9.17, 15) is 9.18 Å². The number of hydrogen-bond acceptors (Lipinski definition) is 5. The minimum atomic E-state index is -0.305. The molecule has 0 bridgehead atoms. The molecule has 2 aliphatic rings. The third kappa shape index (κ3) is 5.83. The van der Waals surface area contributed by atoms with Crippen molar-refractivity contribution in [2.75, 3.05) is 43.5 Å². The molecular formula is C25H32ClFN4O2. The molecule has 0 radical (unpaired) electrons. The summed E-state index contributed by atoms with van der Waals surface area (Å²) in [4.78, 5) is 16.9. The maximum atomic E-state index is 14.6. The van der Waals surface area contributed by atoms with Gasteiger partial charge in [0.2, 0.25) is 5.91 Å². The lowest BCUT2D eigenvalue weighted by Gasteiger charge is -2.36. The van der Waals surface area contributed by atoms with Gasteiger partial charge in [0.05, 0.1) is 16.6 Å². The molecule has 6 nitrogen and oxygen atoms in total. The first kappa shape index (κ1) is 23.9. The van der Waals surface area contributed by atoms with Gasteiger partial charge >= 0.3 is 0 Å². The van der Waals surface area contributed by atoms with E-state index in [1.807, 2.05) is 0 Å². The largest absolute Gasteiger partial charge is 0.382 e. The molecule has 33 heavy (non-hydrogen) atoms. The van der Waals surface area contributed by atoms with Gasteiger partial charge < -0.3 is 20.7 Å². The highest BCUT2D eigenvalue weighted by molar-refractivity contribution is 6.33. The minimum absolute atomic E-state index is 0.0502. The summed E-state index contributed by atoms with van der Waals surface area (Å²) in [7, 11) is 0. The van der Waals surface area contributed by atoms with Crippen LogP contribution in [0.5, 0.6) is 0 Å². The molecule has 1 amide bonds. The van der Waals surface area contributed by atoms with Gasteiger partial charge in [-0.05, 0) is 67.8 Å². The molecule has 1 atom stereocenters. The monoisotopic (exact) mass is 474 g/mol. The fourth-order valence-electron chi connectivity index (χ4n) is 4.60. The van der Waals surface area contributed by atoms with Crippen molar-refractivity contribution < 1.29 is 13.9 Å². The zero-order chi connectivity index (χ0) is 23.3. The zero-order valence-electron chi connectivity index (χ0n) is 19.1. The summed E-state index contributed by atoms with van der Waals surface area (Å²) >= 11 is 6.44. The van der Waals surface area contributed by atoms with Crippen LogP contribution in [0.1, 0.15) is 39.0 Å². The summed E-state index contributed by atoms with van der Waals surface area (Å²) in [5.74, 6) is 0.0136. The zero-order valence-corrected chi connectivity index (χ0v) is 19.8. The second kappa shape index (κ2) is 10.8. The first-order chi connectivity index (χ1) is 16.0. The SMILES string of the molecule is CCC1(CNc2cc(-c3cc(NC(=O)[C@@H]4CCCNC4)ncc3Cl)ccc2F)CCOCC1. The maximum Gasteiger partial charge on any atom is 0.229 e. The normalized spacial score (nSPS) is 20.3. The number of nitrogens with zero attached hydrogens (tertiary/aromatic N) is 1. The lowest BCUT2D eigenvalue weighted by Crippen LogP contribution is -2.37. The number of halogens is 2. The molecule has 2 fully saturated rings. The Morgan fingerprint density at radius 1 is 1.33 bits per heavy atom. The van der Waals surface area contributed by atoms with Crippen LogP contribution in [-0.2, 0) is 9.53 Å². The molecule has 0 saturated carbocycles. The second-order valence-corrected chi connectivity index (χ2v) is 9.50. The lowest BCUT2D eigenvalue weighted by atomic mass is 9.78. The topological polar surface area (TPSA) is 75.3 Å². The van der Waals surface area contributed by atoms with Gasteiger partial charge in [-0.3, -0.25) is 4.79 Å². The molecule has 2 saturated heterocycles. The predicted molar refractivity (Wildman–Crippen MR) is 130 cm³/mol. The minimum Gasteiger partial charge on any atom is -0.382 e. The Bertz CT molecular complexity index is 975. The number of benzene rings is 1.